The van der Waals surface area contributed by atoms with Crippen LogP contribution < -0.4 is 10.2 Å². The number of nitriles is 1. The average molecular weight is 321 g/mol. The Morgan fingerprint density at radius 2 is 1.92 bits per heavy atom. The summed E-state index contributed by atoms with van der Waals surface area (Å²) in [4.78, 5) is 25.8. The molecule has 0 atom stereocenters. The number of carbonyl (C=O) groups excluding carboxylic acids is 2. The van der Waals surface area contributed by atoms with E-state index in [1.54, 1.807) is 24.3 Å². The molecule has 0 aliphatic carbocycles. The molecule has 1 N–H and O–H groups in total. The number of carbonyl (C=O) groups is 2. The summed E-state index contributed by atoms with van der Waals surface area (Å²) in [6, 6.07) is 16.2. The molecule has 2 rings (SSSR count). The van der Waals surface area contributed by atoms with Crippen LogP contribution in [0.25, 0.3) is 0 Å². The zero-order chi connectivity index (χ0) is 17.5. The summed E-state index contributed by atoms with van der Waals surface area (Å²) < 4.78 is 0. The number of para-hydroxylation sites is 1. The van der Waals surface area contributed by atoms with Gasteiger partial charge in [-0.1, -0.05) is 31.2 Å². The Bertz CT molecular complexity index is 793. The van der Waals surface area contributed by atoms with Crippen LogP contribution in [-0.2, 0) is 16.0 Å². The van der Waals surface area contributed by atoms with Crippen LogP contribution >= 0.6 is 0 Å². The van der Waals surface area contributed by atoms with E-state index < -0.39 is 0 Å². The van der Waals surface area contributed by atoms with Crippen LogP contribution in [0.3, 0.4) is 0 Å². The van der Waals surface area contributed by atoms with Crippen LogP contribution in [-0.4, -0.2) is 18.4 Å². The fraction of sp³-hybridized carbons (Fsp3) is 0.211. The van der Waals surface area contributed by atoms with Crippen LogP contribution in [0, 0.1) is 11.3 Å². The van der Waals surface area contributed by atoms with Crippen molar-refractivity contribution in [3.8, 4) is 6.07 Å². The molecule has 2 amide bonds. The number of amides is 2. The predicted octanol–water partition coefficient (Wildman–Crippen LogP) is 3.11. The van der Waals surface area contributed by atoms with Crippen LogP contribution in [0.1, 0.15) is 25.0 Å². The van der Waals surface area contributed by atoms with E-state index in [1.807, 2.05) is 37.3 Å². The molecule has 2 aromatic rings. The van der Waals surface area contributed by atoms with E-state index in [4.69, 9.17) is 5.26 Å². The van der Waals surface area contributed by atoms with Crippen molar-refractivity contribution < 1.29 is 9.59 Å². The van der Waals surface area contributed by atoms with Gasteiger partial charge in [0, 0.05) is 18.3 Å². The molecule has 5 nitrogen and oxygen atoms in total. The number of nitrogens with one attached hydrogen (secondary N) is 1. The first-order chi connectivity index (χ1) is 11.5. The first-order valence-corrected chi connectivity index (χ1v) is 7.71. The summed E-state index contributed by atoms with van der Waals surface area (Å²) in [6.45, 7) is 3.36. The van der Waals surface area contributed by atoms with Crippen molar-refractivity contribution >= 4 is 23.2 Å². The molecule has 0 aliphatic heterocycles. The van der Waals surface area contributed by atoms with E-state index >= 15 is 0 Å². The lowest BCUT2D eigenvalue weighted by atomic mass is 10.1. The lowest BCUT2D eigenvalue weighted by Gasteiger charge is -2.23. The highest BCUT2D eigenvalue weighted by Gasteiger charge is 2.18. The minimum atomic E-state index is -0.314. The number of aryl methyl sites for hydroxylation is 1. The minimum Gasteiger partial charge on any atom is -0.324 e. The molecular formula is C19H19N3O2. The van der Waals surface area contributed by atoms with Crippen molar-refractivity contribution in [2.45, 2.75) is 20.3 Å². The number of benzene rings is 2. The Balaban J connectivity index is 2.17. The van der Waals surface area contributed by atoms with Crippen LogP contribution in [0.4, 0.5) is 11.4 Å². The van der Waals surface area contributed by atoms with Gasteiger partial charge in [0.15, 0.2) is 0 Å². The maximum atomic E-state index is 12.3. The van der Waals surface area contributed by atoms with Gasteiger partial charge in [0.2, 0.25) is 11.8 Å². The predicted molar refractivity (Wildman–Crippen MR) is 93.6 cm³/mol. The Hall–Kier alpha value is -3.13. The number of nitrogens with zero attached hydrogens (tertiary/aromatic N) is 2. The van der Waals surface area contributed by atoms with E-state index in [0.29, 0.717) is 11.3 Å². The van der Waals surface area contributed by atoms with Gasteiger partial charge in [-0.05, 0) is 36.2 Å². The summed E-state index contributed by atoms with van der Waals surface area (Å²) in [5.74, 6) is -0.511. The molecule has 0 heterocycles. The third kappa shape index (κ3) is 4.20. The topological polar surface area (TPSA) is 73.2 Å². The fourth-order valence-electron chi connectivity index (χ4n) is 2.45. The van der Waals surface area contributed by atoms with E-state index in [1.165, 1.54) is 11.8 Å². The summed E-state index contributed by atoms with van der Waals surface area (Å²) in [6.07, 6.45) is 0.770. The summed E-state index contributed by atoms with van der Waals surface area (Å²) in [5.41, 5.74) is 2.75. The number of rotatable bonds is 5. The molecule has 0 radical (unpaired) electrons. The Morgan fingerprint density at radius 1 is 1.17 bits per heavy atom. The van der Waals surface area contributed by atoms with Gasteiger partial charge in [-0.25, -0.2) is 0 Å². The molecule has 0 unspecified atom stereocenters. The molecule has 0 bridgehead atoms. The second-order valence-corrected chi connectivity index (χ2v) is 5.33. The van der Waals surface area contributed by atoms with Crippen molar-refractivity contribution in [3.05, 3.63) is 59.7 Å². The number of anilines is 2. The Kier molecular flexibility index (Phi) is 5.69. The Morgan fingerprint density at radius 3 is 2.58 bits per heavy atom. The largest absolute Gasteiger partial charge is 0.324 e. The van der Waals surface area contributed by atoms with Gasteiger partial charge in [-0.2, -0.15) is 5.26 Å². The lowest BCUT2D eigenvalue weighted by molar-refractivity contribution is -0.120. The first kappa shape index (κ1) is 17.2. The van der Waals surface area contributed by atoms with Gasteiger partial charge in [-0.3, -0.25) is 9.59 Å². The third-order valence-corrected chi connectivity index (χ3v) is 3.62. The van der Waals surface area contributed by atoms with Gasteiger partial charge < -0.3 is 10.2 Å². The smallest absolute Gasteiger partial charge is 0.244 e. The normalized spacial score (nSPS) is 9.88. The van der Waals surface area contributed by atoms with Gasteiger partial charge in [0.25, 0.3) is 0 Å². The van der Waals surface area contributed by atoms with Gasteiger partial charge in [0.1, 0.15) is 6.54 Å². The highest BCUT2D eigenvalue weighted by molar-refractivity contribution is 6.02. The van der Waals surface area contributed by atoms with Crippen molar-refractivity contribution in [1.29, 1.82) is 5.26 Å². The van der Waals surface area contributed by atoms with Crippen molar-refractivity contribution in [3.63, 3.8) is 0 Å². The highest BCUT2D eigenvalue weighted by atomic mass is 16.2. The molecule has 0 aliphatic rings. The van der Waals surface area contributed by atoms with Crippen LogP contribution in [0.15, 0.2) is 48.5 Å². The van der Waals surface area contributed by atoms with Gasteiger partial charge in [0.05, 0.1) is 11.6 Å². The summed E-state index contributed by atoms with van der Waals surface area (Å²) >= 11 is 0. The maximum absolute atomic E-state index is 12.3. The van der Waals surface area contributed by atoms with Crippen molar-refractivity contribution in [2.75, 3.05) is 16.8 Å². The molecular weight excluding hydrogens is 302 g/mol. The van der Waals surface area contributed by atoms with Crippen LogP contribution in [0.5, 0.6) is 0 Å². The molecule has 24 heavy (non-hydrogen) atoms. The second kappa shape index (κ2) is 7.93. The fourth-order valence-corrected chi connectivity index (χ4v) is 2.45. The van der Waals surface area contributed by atoms with Crippen molar-refractivity contribution in [1.82, 2.24) is 0 Å². The molecule has 5 heteroatoms. The summed E-state index contributed by atoms with van der Waals surface area (Å²) in [7, 11) is 0. The first-order valence-electron chi connectivity index (χ1n) is 7.71. The second-order valence-electron chi connectivity index (χ2n) is 5.33. The van der Waals surface area contributed by atoms with Crippen LogP contribution in [0.2, 0.25) is 0 Å². The van der Waals surface area contributed by atoms with E-state index in [-0.39, 0.29) is 18.4 Å². The molecule has 0 saturated carbocycles. The van der Waals surface area contributed by atoms with E-state index in [9.17, 15) is 9.59 Å². The summed E-state index contributed by atoms with van der Waals surface area (Å²) in [5, 5.41) is 11.6. The molecule has 122 valence electrons. The molecule has 0 aromatic heterocycles. The third-order valence-electron chi connectivity index (χ3n) is 3.62. The average Bonchev–Trinajstić information content (AvgIpc) is 2.59. The van der Waals surface area contributed by atoms with E-state index in [2.05, 4.69) is 5.32 Å². The molecule has 0 fully saturated rings. The standard InChI is InChI=1S/C19H19N3O2/c1-3-16-8-4-5-10-18(16)22(14(2)23)13-19(24)21-17-9-6-7-15(11-17)12-20/h4-11H,3,13H2,1-2H3,(H,21,24). The quantitative estimate of drug-likeness (QED) is 0.919. The number of hydrogen-bond donors (Lipinski definition) is 1. The van der Waals surface area contributed by atoms with Gasteiger partial charge >= 0.3 is 0 Å². The number of hydrogen-bond acceptors (Lipinski definition) is 3. The zero-order valence-corrected chi connectivity index (χ0v) is 13.7. The molecule has 0 saturated heterocycles. The monoisotopic (exact) mass is 321 g/mol. The SMILES string of the molecule is CCc1ccccc1N(CC(=O)Nc1cccc(C#N)c1)C(C)=O. The molecule has 2 aromatic carbocycles. The highest BCUT2D eigenvalue weighted by Crippen LogP contribution is 2.21. The lowest BCUT2D eigenvalue weighted by Crippen LogP contribution is -2.37. The maximum Gasteiger partial charge on any atom is 0.244 e. The zero-order valence-electron chi connectivity index (χ0n) is 13.7. The van der Waals surface area contributed by atoms with Gasteiger partial charge in [-0.15, -0.1) is 0 Å². The van der Waals surface area contributed by atoms with E-state index in [0.717, 1.165) is 17.7 Å². The van der Waals surface area contributed by atoms with Crippen molar-refractivity contribution in [2.24, 2.45) is 0 Å². The Labute approximate surface area is 141 Å². The minimum absolute atomic E-state index is 0.0802. The molecule has 0 spiro atoms.